The number of nitriles is 1. The molecule has 3 N–H and O–H groups in total. The molecule has 0 saturated heterocycles. The minimum atomic E-state index is -1.83. The molecule has 27 heavy (non-hydrogen) atoms. The van der Waals surface area contributed by atoms with Gasteiger partial charge in [0.25, 0.3) is 0 Å². The van der Waals surface area contributed by atoms with E-state index in [9.17, 15) is 4.79 Å². The summed E-state index contributed by atoms with van der Waals surface area (Å²) in [5, 5.41) is 29.3. The molecule has 0 bridgehead atoms. The molecule has 0 heterocycles. The predicted molar refractivity (Wildman–Crippen MR) is 103 cm³/mol. The summed E-state index contributed by atoms with van der Waals surface area (Å²) in [5.74, 6) is 0.378. The first-order valence-corrected chi connectivity index (χ1v) is 8.69. The Bertz CT molecular complexity index is 790. The number of urea groups is 1. The second-order valence-corrected chi connectivity index (χ2v) is 5.89. The van der Waals surface area contributed by atoms with Crippen molar-refractivity contribution in [1.82, 2.24) is 4.90 Å². The van der Waals surface area contributed by atoms with Gasteiger partial charge < -0.3 is 24.9 Å². The number of nitrogens with zero attached hydrogens (tertiary/aromatic N) is 2. The van der Waals surface area contributed by atoms with Crippen molar-refractivity contribution in [3.8, 4) is 11.8 Å². The molecule has 2 aromatic rings. The Balaban J connectivity index is 1.83. The quantitative estimate of drug-likeness (QED) is 0.622. The smallest absolute Gasteiger partial charge is 0.512 e. The van der Waals surface area contributed by atoms with Gasteiger partial charge in [-0.3, -0.25) is 0 Å². The monoisotopic (exact) mass is 367 g/mol. The topological polar surface area (TPSA) is 106 Å². The lowest BCUT2D eigenvalue weighted by molar-refractivity contribution is 0.214. The molecule has 0 unspecified atom stereocenters. The average molecular weight is 367 g/mol. The normalized spacial score (nSPS) is 10.0. The van der Waals surface area contributed by atoms with Gasteiger partial charge in [0.1, 0.15) is 5.75 Å². The van der Waals surface area contributed by atoms with Gasteiger partial charge in [-0.05, 0) is 55.7 Å². The number of hydrogen-bond acceptors (Lipinski definition) is 5. The lowest BCUT2D eigenvalue weighted by atomic mass is 10.1. The molecule has 0 saturated carbocycles. The van der Waals surface area contributed by atoms with E-state index < -0.39 is 7.32 Å². The van der Waals surface area contributed by atoms with E-state index in [1.54, 1.807) is 41.3 Å². The van der Waals surface area contributed by atoms with Crippen LogP contribution in [0.2, 0.25) is 0 Å². The SMILES string of the molecule is CCN(CCCc1ccc(OB(O)O)cc1)C(=O)Nc1cccc(C#N)c1. The molecule has 0 aliphatic heterocycles. The summed E-state index contributed by atoms with van der Waals surface area (Å²) in [7, 11) is -1.83. The fourth-order valence-electron chi connectivity index (χ4n) is 2.60. The molecule has 0 radical (unpaired) electrons. The molecule has 0 fully saturated rings. The Labute approximate surface area is 159 Å². The zero-order chi connectivity index (χ0) is 19.6. The Hall–Kier alpha value is -3.02. The third-order valence-corrected chi connectivity index (χ3v) is 3.97. The first kappa shape index (κ1) is 20.3. The maximum Gasteiger partial charge on any atom is 0.707 e. The summed E-state index contributed by atoms with van der Waals surface area (Å²) in [6.07, 6.45) is 1.55. The number of anilines is 1. The Kier molecular flexibility index (Phi) is 7.68. The van der Waals surface area contributed by atoms with E-state index in [0.29, 0.717) is 30.1 Å². The summed E-state index contributed by atoms with van der Waals surface area (Å²) in [6.45, 7) is 3.08. The standard InChI is InChI=1S/C19H22BN3O4/c1-2-23(19(24)22-17-7-3-5-16(13-17)14-21)12-4-6-15-8-10-18(11-9-15)27-20(25)26/h3,5,7-11,13,25-26H,2,4,6,12H2,1H3,(H,22,24). The number of carbonyl (C=O) groups excluding carboxylic acids is 1. The first-order valence-electron chi connectivity index (χ1n) is 8.69. The van der Waals surface area contributed by atoms with Crippen LogP contribution in [0.1, 0.15) is 24.5 Å². The van der Waals surface area contributed by atoms with Crippen LogP contribution in [0.25, 0.3) is 0 Å². The Morgan fingerprint density at radius 2 is 2.00 bits per heavy atom. The van der Waals surface area contributed by atoms with Crippen LogP contribution in [-0.2, 0) is 6.42 Å². The van der Waals surface area contributed by atoms with Crippen molar-refractivity contribution in [3.05, 3.63) is 59.7 Å². The van der Waals surface area contributed by atoms with E-state index in [0.717, 1.165) is 18.4 Å². The minimum Gasteiger partial charge on any atom is -0.512 e. The van der Waals surface area contributed by atoms with E-state index in [1.807, 2.05) is 25.1 Å². The second-order valence-electron chi connectivity index (χ2n) is 5.89. The maximum atomic E-state index is 12.4. The molecule has 0 spiro atoms. The van der Waals surface area contributed by atoms with Crippen LogP contribution in [-0.4, -0.2) is 41.4 Å². The van der Waals surface area contributed by atoms with Crippen molar-refractivity contribution in [2.24, 2.45) is 0 Å². The van der Waals surface area contributed by atoms with Crippen molar-refractivity contribution in [2.45, 2.75) is 19.8 Å². The minimum absolute atomic E-state index is 0.201. The largest absolute Gasteiger partial charge is 0.707 e. The van der Waals surface area contributed by atoms with E-state index >= 15 is 0 Å². The number of amides is 2. The number of benzene rings is 2. The molecule has 140 valence electrons. The van der Waals surface area contributed by atoms with Crippen molar-refractivity contribution in [1.29, 1.82) is 5.26 Å². The van der Waals surface area contributed by atoms with E-state index in [2.05, 4.69) is 5.32 Å². The van der Waals surface area contributed by atoms with E-state index in [1.165, 1.54) is 0 Å². The summed E-state index contributed by atoms with van der Waals surface area (Å²) < 4.78 is 4.76. The van der Waals surface area contributed by atoms with Crippen LogP contribution in [0.15, 0.2) is 48.5 Å². The van der Waals surface area contributed by atoms with Gasteiger partial charge in [0.05, 0.1) is 11.6 Å². The van der Waals surface area contributed by atoms with Gasteiger partial charge >= 0.3 is 13.4 Å². The molecule has 2 amide bonds. The van der Waals surface area contributed by atoms with Crippen LogP contribution in [0.3, 0.4) is 0 Å². The van der Waals surface area contributed by atoms with Gasteiger partial charge in [0, 0.05) is 18.8 Å². The predicted octanol–water partition coefficient (Wildman–Crippen LogP) is 2.39. The molecule has 2 rings (SSSR count). The molecule has 0 aliphatic rings. The lowest BCUT2D eigenvalue weighted by Gasteiger charge is -2.21. The second kappa shape index (κ2) is 10.2. The number of carbonyl (C=O) groups is 1. The highest BCUT2D eigenvalue weighted by Crippen LogP contribution is 2.14. The third-order valence-electron chi connectivity index (χ3n) is 3.97. The molecular weight excluding hydrogens is 345 g/mol. The highest BCUT2D eigenvalue weighted by molar-refractivity contribution is 6.33. The van der Waals surface area contributed by atoms with Crippen molar-refractivity contribution >= 4 is 19.0 Å². The summed E-state index contributed by atoms with van der Waals surface area (Å²) in [5.41, 5.74) is 2.16. The van der Waals surface area contributed by atoms with Crippen LogP contribution >= 0.6 is 0 Å². The van der Waals surface area contributed by atoms with Gasteiger partial charge in [-0.25, -0.2) is 4.79 Å². The van der Waals surface area contributed by atoms with E-state index in [-0.39, 0.29) is 6.03 Å². The fourth-order valence-corrected chi connectivity index (χ4v) is 2.60. The molecule has 0 aromatic heterocycles. The maximum absolute atomic E-state index is 12.4. The van der Waals surface area contributed by atoms with Gasteiger partial charge in [0.2, 0.25) is 0 Å². The number of hydrogen-bond donors (Lipinski definition) is 3. The van der Waals surface area contributed by atoms with Crippen molar-refractivity contribution in [3.63, 3.8) is 0 Å². The highest BCUT2D eigenvalue weighted by atomic mass is 16.6. The van der Waals surface area contributed by atoms with Gasteiger partial charge in [-0.1, -0.05) is 18.2 Å². The highest BCUT2D eigenvalue weighted by Gasteiger charge is 2.12. The molecule has 0 atom stereocenters. The van der Waals surface area contributed by atoms with Gasteiger partial charge in [0.15, 0.2) is 0 Å². The van der Waals surface area contributed by atoms with Crippen LogP contribution in [0, 0.1) is 11.3 Å². The van der Waals surface area contributed by atoms with Crippen LogP contribution in [0.5, 0.6) is 5.75 Å². The van der Waals surface area contributed by atoms with Gasteiger partial charge in [-0.15, -0.1) is 0 Å². The molecular formula is C19H22BN3O4. The number of rotatable bonds is 8. The van der Waals surface area contributed by atoms with E-state index in [4.69, 9.17) is 20.0 Å². The molecule has 2 aromatic carbocycles. The first-order chi connectivity index (χ1) is 13.0. The Morgan fingerprint density at radius 1 is 1.26 bits per heavy atom. The molecule has 0 aliphatic carbocycles. The van der Waals surface area contributed by atoms with Crippen LogP contribution in [0.4, 0.5) is 10.5 Å². The summed E-state index contributed by atoms with van der Waals surface area (Å²) in [6, 6.07) is 15.7. The van der Waals surface area contributed by atoms with Crippen LogP contribution < -0.4 is 9.97 Å². The zero-order valence-corrected chi connectivity index (χ0v) is 15.1. The fraction of sp³-hybridized carbons (Fsp3) is 0.263. The number of aryl methyl sites for hydroxylation is 1. The lowest BCUT2D eigenvalue weighted by Crippen LogP contribution is -2.35. The molecule has 8 heteroatoms. The van der Waals surface area contributed by atoms with Gasteiger partial charge in [-0.2, -0.15) is 5.26 Å². The van der Waals surface area contributed by atoms with Crippen molar-refractivity contribution in [2.75, 3.05) is 18.4 Å². The zero-order valence-electron chi connectivity index (χ0n) is 15.1. The number of nitrogens with one attached hydrogen (secondary N) is 1. The summed E-state index contributed by atoms with van der Waals surface area (Å²) in [4.78, 5) is 14.1. The summed E-state index contributed by atoms with van der Waals surface area (Å²) >= 11 is 0. The Morgan fingerprint density at radius 3 is 2.63 bits per heavy atom. The third kappa shape index (κ3) is 6.66. The van der Waals surface area contributed by atoms with Crippen molar-refractivity contribution < 1.29 is 19.5 Å². The molecule has 7 nitrogen and oxygen atoms in total. The average Bonchev–Trinajstić information content (AvgIpc) is 2.66.